The molecule has 5 heteroatoms. The van der Waals surface area contributed by atoms with Crippen molar-refractivity contribution in [1.29, 1.82) is 0 Å². The molecule has 0 N–H and O–H groups in total. The molecule has 0 bridgehead atoms. The molecule has 3 heterocycles. The second-order valence-electron chi connectivity index (χ2n) is 7.83. The standard InChI is InChI=1S/C21H28N4O/c1-16-13-23-21(18-8-5-10-22-14-18)25(16)19-9-11-24(15-19)20(26)12-17-6-3-2-4-7-17/h5,8,10,13-14,17,19H,2-4,6-7,9,11-12,15H2,1H3. The van der Waals surface area contributed by atoms with Gasteiger partial charge in [-0.2, -0.15) is 0 Å². The third kappa shape index (κ3) is 3.53. The van der Waals surface area contributed by atoms with Gasteiger partial charge in [-0.1, -0.05) is 19.3 Å². The first-order valence-electron chi connectivity index (χ1n) is 9.94. The molecule has 1 aliphatic heterocycles. The summed E-state index contributed by atoms with van der Waals surface area (Å²) in [5, 5.41) is 0. The van der Waals surface area contributed by atoms with Gasteiger partial charge in [-0.15, -0.1) is 0 Å². The smallest absolute Gasteiger partial charge is 0.222 e. The minimum Gasteiger partial charge on any atom is -0.341 e. The topological polar surface area (TPSA) is 51.0 Å². The summed E-state index contributed by atoms with van der Waals surface area (Å²) >= 11 is 0. The second-order valence-corrected chi connectivity index (χ2v) is 7.83. The maximum absolute atomic E-state index is 12.8. The molecular formula is C21H28N4O. The predicted octanol–water partition coefficient (Wildman–Crippen LogP) is 4.00. The number of aromatic nitrogens is 3. The minimum absolute atomic E-state index is 0.308. The molecule has 0 aromatic carbocycles. The Bertz CT molecular complexity index is 749. The van der Waals surface area contributed by atoms with Crippen molar-refractivity contribution in [3.63, 3.8) is 0 Å². The number of carbonyl (C=O) groups excluding carboxylic acids is 1. The summed E-state index contributed by atoms with van der Waals surface area (Å²) < 4.78 is 2.30. The predicted molar refractivity (Wildman–Crippen MR) is 102 cm³/mol. The molecule has 2 aromatic heterocycles. The lowest BCUT2D eigenvalue weighted by molar-refractivity contribution is -0.131. The zero-order valence-corrected chi connectivity index (χ0v) is 15.6. The monoisotopic (exact) mass is 352 g/mol. The van der Waals surface area contributed by atoms with Crippen molar-refractivity contribution in [3.8, 4) is 11.4 Å². The Kier molecular flexibility index (Phi) is 5.05. The molecule has 0 spiro atoms. The summed E-state index contributed by atoms with van der Waals surface area (Å²) in [6, 6.07) is 4.30. The van der Waals surface area contributed by atoms with Gasteiger partial charge < -0.3 is 9.47 Å². The number of imidazole rings is 1. The number of carbonyl (C=O) groups is 1. The fourth-order valence-corrected chi connectivity index (χ4v) is 4.56. The molecule has 138 valence electrons. The molecule has 1 saturated heterocycles. The number of pyridine rings is 1. The van der Waals surface area contributed by atoms with E-state index in [2.05, 4.69) is 26.4 Å². The zero-order chi connectivity index (χ0) is 17.9. The number of rotatable bonds is 4. The summed E-state index contributed by atoms with van der Waals surface area (Å²) in [6.45, 7) is 3.76. The largest absolute Gasteiger partial charge is 0.341 e. The van der Waals surface area contributed by atoms with Crippen LogP contribution in [0.3, 0.4) is 0 Å². The summed E-state index contributed by atoms with van der Waals surface area (Å²) in [6.07, 6.45) is 13.7. The molecule has 26 heavy (non-hydrogen) atoms. The van der Waals surface area contributed by atoms with Crippen molar-refractivity contribution < 1.29 is 4.79 Å². The summed E-state index contributed by atoms with van der Waals surface area (Å²) in [7, 11) is 0. The van der Waals surface area contributed by atoms with Crippen LogP contribution >= 0.6 is 0 Å². The van der Waals surface area contributed by atoms with Crippen LogP contribution in [0, 0.1) is 12.8 Å². The van der Waals surface area contributed by atoms with Gasteiger partial charge in [-0.25, -0.2) is 4.98 Å². The highest BCUT2D eigenvalue weighted by Crippen LogP contribution is 2.31. The first-order chi connectivity index (χ1) is 12.7. The lowest BCUT2D eigenvalue weighted by Gasteiger charge is -2.24. The third-order valence-electron chi connectivity index (χ3n) is 5.97. The molecule has 5 nitrogen and oxygen atoms in total. The van der Waals surface area contributed by atoms with Crippen molar-refractivity contribution in [3.05, 3.63) is 36.4 Å². The van der Waals surface area contributed by atoms with Crippen LogP contribution in [-0.2, 0) is 4.79 Å². The minimum atomic E-state index is 0.308. The molecule has 1 unspecified atom stereocenters. The Morgan fingerprint density at radius 3 is 2.81 bits per heavy atom. The van der Waals surface area contributed by atoms with Gasteiger partial charge in [-0.05, 0) is 44.2 Å². The van der Waals surface area contributed by atoms with Crippen LogP contribution < -0.4 is 0 Å². The second kappa shape index (κ2) is 7.60. The highest BCUT2D eigenvalue weighted by atomic mass is 16.2. The van der Waals surface area contributed by atoms with Crippen LogP contribution in [0.2, 0.25) is 0 Å². The van der Waals surface area contributed by atoms with Gasteiger partial charge in [0.1, 0.15) is 5.82 Å². The van der Waals surface area contributed by atoms with Crippen LogP contribution in [0.5, 0.6) is 0 Å². The van der Waals surface area contributed by atoms with E-state index >= 15 is 0 Å². The van der Waals surface area contributed by atoms with E-state index in [1.807, 2.05) is 24.5 Å². The molecule has 2 aromatic rings. The van der Waals surface area contributed by atoms with Crippen LogP contribution in [0.25, 0.3) is 11.4 Å². The SMILES string of the molecule is Cc1cnc(-c2cccnc2)n1C1CCN(C(=O)CC2CCCCC2)C1. The van der Waals surface area contributed by atoms with Crippen molar-refractivity contribution >= 4 is 5.91 Å². The van der Waals surface area contributed by atoms with E-state index in [-0.39, 0.29) is 0 Å². The highest BCUT2D eigenvalue weighted by Gasteiger charge is 2.31. The molecule has 1 saturated carbocycles. The van der Waals surface area contributed by atoms with E-state index in [9.17, 15) is 4.79 Å². The Hall–Kier alpha value is -2.17. The summed E-state index contributed by atoms with van der Waals surface area (Å²) in [5.41, 5.74) is 2.18. The van der Waals surface area contributed by atoms with Gasteiger partial charge in [-0.3, -0.25) is 9.78 Å². The van der Waals surface area contributed by atoms with Gasteiger partial charge >= 0.3 is 0 Å². The van der Waals surface area contributed by atoms with E-state index in [4.69, 9.17) is 0 Å². The molecule has 1 atom stereocenters. The van der Waals surface area contributed by atoms with Gasteiger partial charge in [0.15, 0.2) is 0 Å². The Labute approximate surface area is 155 Å². The Morgan fingerprint density at radius 1 is 1.19 bits per heavy atom. The maximum Gasteiger partial charge on any atom is 0.222 e. The van der Waals surface area contributed by atoms with Crippen molar-refractivity contribution in [2.24, 2.45) is 5.92 Å². The highest BCUT2D eigenvalue weighted by molar-refractivity contribution is 5.76. The fourth-order valence-electron chi connectivity index (χ4n) is 4.56. The molecule has 1 amide bonds. The maximum atomic E-state index is 12.8. The van der Waals surface area contributed by atoms with Crippen LogP contribution in [-0.4, -0.2) is 38.4 Å². The lowest BCUT2D eigenvalue weighted by atomic mass is 9.87. The van der Waals surface area contributed by atoms with Crippen LogP contribution in [0.15, 0.2) is 30.7 Å². The first kappa shape index (κ1) is 17.3. The normalized spacial score (nSPS) is 21.3. The number of hydrogen-bond acceptors (Lipinski definition) is 3. The molecule has 2 aliphatic rings. The summed E-state index contributed by atoms with van der Waals surface area (Å²) in [5.74, 6) is 1.92. The molecular weight excluding hydrogens is 324 g/mol. The average Bonchev–Trinajstić information content (AvgIpc) is 3.30. The van der Waals surface area contributed by atoms with E-state index in [0.717, 1.165) is 43.0 Å². The fraction of sp³-hybridized carbons (Fsp3) is 0.571. The van der Waals surface area contributed by atoms with E-state index in [1.54, 1.807) is 6.20 Å². The van der Waals surface area contributed by atoms with E-state index < -0.39 is 0 Å². The number of hydrogen-bond donors (Lipinski definition) is 0. The molecule has 4 rings (SSSR count). The molecule has 2 fully saturated rings. The van der Waals surface area contributed by atoms with E-state index in [0.29, 0.717) is 17.9 Å². The number of nitrogens with zero attached hydrogens (tertiary/aromatic N) is 4. The van der Waals surface area contributed by atoms with Crippen molar-refractivity contribution in [2.45, 2.75) is 57.9 Å². The lowest BCUT2D eigenvalue weighted by Crippen LogP contribution is -2.31. The quantitative estimate of drug-likeness (QED) is 0.836. The van der Waals surface area contributed by atoms with E-state index in [1.165, 1.54) is 32.1 Å². The zero-order valence-electron chi connectivity index (χ0n) is 15.6. The number of likely N-dealkylation sites (tertiary alicyclic amines) is 1. The van der Waals surface area contributed by atoms with Gasteiger partial charge in [0.05, 0.1) is 6.04 Å². The van der Waals surface area contributed by atoms with Crippen LogP contribution in [0.1, 0.15) is 56.7 Å². The third-order valence-corrected chi connectivity index (χ3v) is 5.97. The Balaban J connectivity index is 1.46. The first-order valence-corrected chi connectivity index (χ1v) is 9.94. The van der Waals surface area contributed by atoms with Gasteiger partial charge in [0.2, 0.25) is 5.91 Å². The molecule has 1 aliphatic carbocycles. The van der Waals surface area contributed by atoms with Crippen LogP contribution in [0.4, 0.5) is 0 Å². The number of amides is 1. The van der Waals surface area contributed by atoms with Crippen molar-refractivity contribution in [2.75, 3.05) is 13.1 Å². The Morgan fingerprint density at radius 2 is 2.04 bits per heavy atom. The summed E-state index contributed by atoms with van der Waals surface area (Å²) in [4.78, 5) is 23.7. The van der Waals surface area contributed by atoms with Gasteiger partial charge in [0, 0.05) is 49.4 Å². The number of aryl methyl sites for hydroxylation is 1. The van der Waals surface area contributed by atoms with Crippen molar-refractivity contribution in [1.82, 2.24) is 19.4 Å². The molecule has 0 radical (unpaired) electrons. The average molecular weight is 352 g/mol. The van der Waals surface area contributed by atoms with Gasteiger partial charge in [0.25, 0.3) is 0 Å².